The molecule has 0 aliphatic rings. The number of aromatic nitrogens is 3. The Balaban J connectivity index is 2.55. The topological polar surface area (TPSA) is 93.8 Å². The average Bonchev–Trinajstić information content (AvgIpc) is 2.44. The number of anilines is 1. The molecular weight excluding hydrogens is 258 g/mol. The van der Waals surface area contributed by atoms with Gasteiger partial charge in [0, 0.05) is 24.0 Å². The summed E-state index contributed by atoms with van der Waals surface area (Å²) >= 11 is 0. The Morgan fingerprint density at radius 1 is 1.35 bits per heavy atom. The molecule has 0 aromatic carbocycles. The molecule has 7 nitrogen and oxygen atoms in total. The van der Waals surface area contributed by atoms with E-state index in [0.717, 1.165) is 12.1 Å². The van der Waals surface area contributed by atoms with Crippen LogP contribution in [0.5, 0.6) is 0 Å². The molecule has 104 valence electrons. The van der Waals surface area contributed by atoms with Crippen LogP contribution in [0.4, 0.5) is 11.5 Å². The molecule has 0 amide bonds. The molecule has 0 saturated carbocycles. The lowest BCUT2D eigenvalue weighted by molar-refractivity contribution is -0.383. The fourth-order valence-corrected chi connectivity index (χ4v) is 1.83. The zero-order valence-corrected chi connectivity index (χ0v) is 11.3. The van der Waals surface area contributed by atoms with E-state index in [1.807, 2.05) is 13.8 Å². The van der Waals surface area contributed by atoms with Crippen LogP contribution in [-0.4, -0.2) is 26.4 Å². The zero-order valence-electron chi connectivity index (χ0n) is 11.3. The third kappa shape index (κ3) is 2.87. The quantitative estimate of drug-likeness (QED) is 0.664. The molecule has 7 heteroatoms. The van der Waals surface area contributed by atoms with Gasteiger partial charge in [0.2, 0.25) is 5.82 Å². The molecule has 20 heavy (non-hydrogen) atoms. The summed E-state index contributed by atoms with van der Waals surface area (Å²) in [6.45, 7) is 4.42. The largest absolute Gasteiger partial charge is 0.364 e. The molecule has 2 aromatic rings. The fraction of sp³-hybridized carbons (Fsp3) is 0.308. The van der Waals surface area contributed by atoms with Crippen molar-refractivity contribution in [1.82, 2.24) is 15.0 Å². The first-order chi connectivity index (χ1) is 9.63. The number of nitrogens with one attached hydrogen (secondary N) is 1. The minimum atomic E-state index is -0.455. The maximum Gasteiger partial charge on any atom is 0.337 e. The molecule has 0 unspecified atom stereocenters. The molecule has 0 aliphatic heterocycles. The smallest absolute Gasteiger partial charge is 0.337 e. The van der Waals surface area contributed by atoms with E-state index in [1.54, 1.807) is 18.3 Å². The summed E-state index contributed by atoms with van der Waals surface area (Å²) in [6.07, 6.45) is 3.79. The van der Waals surface area contributed by atoms with Crippen molar-refractivity contribution in [3.05, 3.63) is 40.5 Å². The standard InChI is InChI=1S/C13H15N5O2/c1-3-5-15-13-12(18(19)20)11(16-8-17-13)10-4-6-14-9(2)7-10/h4,6-8H,3,5H2,1-2H3,(H,15,16,17). The Kier molecular flexibility index (Phi) is 4.19. The molecule has 0 spiro atoms. The van der Waals surface area contributed by atoms with Crippen LogP contribution in [-0.2, 0) is 0 Å². The van der Waals surface area contributed by atoms with Crippen molar-refractivity contribution in [3.63, 3.8) is 0 Å². The number of rotatable bonds is 5. The van der Waals surface area contributed by atoms with E-state index in [2.05, 4.69) is 20.3 Å². The van der Waals surface area contributed by atoms with Gasteiger partial charge in [-0.25, -0.2) is 9.97 Å². The van der Waals surface area contributed by atoms with Crippen molar-refractivity contribution >= 4 is 11.5 Å². The summed E-state index contributed by atoms with van der Waals surface area (Å²) in [5.41, 5.74) is 1.63. The molecule has 2 heterocycles. The van der Waals surface area contributed by atoms with Crippen LogP contribution in [0.25, 0.3) is 11.3 Å². The van der Waals surface area contributed by atoms with Gasteiger partial charge in [0.15, 0.2) is 5.69 Å². The van der Waals surface area contributed by atoms with Gasteiger partial charge in [-0.2, -0.15) is 0 Å². The van der Waals surface area contributed by atoms with Gasteiger partial charge in [-0.3, -0.25) is 15.1 Å². The molecule has 0 saturated heterocycles. The molecular formula is C13H15N5O2. The fourth-order valence-electron chi connectivity index (χ4n) is 1.83. The molecule has 0 bridgehead atoms. The van der Waals surface area contributed by atoms with Gasteiger partial charge >= 0.3 is 5.69 Å². The predicted octanol–water partition coefficient (Wildman–Crippen LogP) is 2.58. The lowest BCUT2D eigenvalue weighted by Crippen LogP contribution is -2.07. The minimum absolute atomic E-state index is 0.105. The summed E-state index contributed by atoms with van der Waals surface area (Å²) < 4.78 is 0. The van der Waals surface area contributed by atoms with Gasteiger partial charge in [-0.15, -0.1) is 0 Å². The normalized spacial score (nSPS) is 10.3. The summed E-state index contributed by atoms with van der Waals surface area (Å²) in [7, 11) is 0. The van der Waals surface area contributed by atoms with Gasteiger partial charge in [-0.1, -0.05) is 6.92 Å². The molecule has 0 aliphatic carbocycles. The van der Waals surface area contributed by atoms with Crippen molar-refractivity contribution in [2.75, 3.05) is 11.9 Å². The van der Waals surface area contributed by atoms with Crippen molar-refractivity contribution in [2.24, 2.45) is 0 Å². The third-order valence-corrected chi connectivity index (χ3v) is 2.72. The van der Waals surface area contributed by atoms with E-state index in [0.29, 0.717) is 17.8 Å². The van der Waals surface area contributed by atoms with E-state index in [4.69, 9.17) is 0 Å². The van der Waals surface area contributed by atoms with Crippen molar-refractivity contribution in [1.29, 1.82) is 0 Å². The molecule has 0 fully saturated rings. The number of nitro groups is 1. The number of nitrogens with zero attached hydrogens (tertiary/aromatic N) is 4. The Morgan fingerprint density at radius 2 is 2.15 bits per heavy atom. The third-order valence-electron chi connectivity index (χ3n) is 2.72. The minimum Gasteiger partial charge on any atom is -0.364 e. The van der Waals surface area contributed by atoms with Gasteiger partial charge in [0.05, 0.1) is 4.92 Å². The van der Waals surface area contributed by atoms with Gasteiger partial charge in [-0.05, 0) is 25.5 Å². The van der Waals surface area contributed by atoms with Crippen LogP contribution in [0.15, 0.2) is 24.7 Å². The van der Waals surface area contributed by atoms with Crippen LogP contribution >= 0.6 is 0 Å². The van der Waals surface area contributed by atoms with Crippen LogP contribution in [0.3, 0.4) is 0 Å². The first-order valence-electron chi connectivity index (χ1n) is 6.29. The maximum atomic E-state index is 11.3. The van der Waals surface area contributed by atoms with Gasteiger partial charge in [0.1, 0.15) is 6.33 Å². The highest BCUT2D eigenvalue weighted by atomic mass is 16.6. The van der Waals surface area contributed by atoms with Crippen LogP contribution in [0.1, 0.15) is 19.0 Å². The molecule has 0 atom stereocenters. The van der Waals surface area contributed by atoms with E-state index >= 15 is 0 Å². The molecule has 2 rings (SSSR count). The number of hydrogen-bond donors (Lipinski definition) is 1. The maximum absolute atomic E-state index is 11.3. The van der Waals surface area contributed by atoms with E-state index in [-0.39, 0.29) is 11.5 Å². The number of pyridine rings is 1. The highest BCUT2D eigenvalue weighted by Gasteiger charge is 2.23. The Labute approximate surface area is 116 Å². The monoisotopic (exact) mass is 273 g/mol. The summed E-state index contributed by atoms with van der Waals surface area (Å²) in [6, 6.07) is 3.46. The number of aryl methyl sites for hydroxylation is 1. The SMILES string of the molecule is CCCNc1ncnc(-c2ccnc(C)c2)c1[N+](=O)[O-]. The summed E-state index contributed by atoms with van der Waals surface area (Å²) in [4.78, 5) is 23.0. The first-order valence-corrected chi connectivity index (χ1v) is 6.29. The highest BCUT2D eigenvalue weighted by Crippen LogP contribution is 2.32. The highest BCUT2D eigenvalue weighted by molar-refractivity contribution is 5.76. The second-order valence-electron chi connectivity index (χ2n) is 4.29. The lowest BCUT2D eigenvalue weighted by Gasteiger charge is -2.08. The Morgan fingerprint density at radius 3 is 2.80 bits per heavy atom. The second kappa shape index (κ2) is 6.05. The van der Waals surface area contributed by atoms with Crippen molar-refractivity contribution in [3.8, 4) is 11.3 Å². The number of hydrogen-bond acceptors (Lipinski definition) is 6. The van der Waals surface area contributed by atoms with Crippen molar-refractivity contribution in [2.45, 2.75) is 20.3 Å². The van der Waals surface area contributed by atoms with Crippen LogP contribution in [0, 0.1) is 17.0 Å². The van der Waals surface area contributed by atoms with Gasteiger partial charge < -0.3 is 5.32 Å². The average molecular weight is 273 g/mol. The zero-order chi connectivity index (χ0) is 14.5. The Bertz CT molecular complexity index is 630. The second-order valence-corrected chi connectivity index (χ2v) is 4.29. The summed E-state index contributed by atoms with van der Waals surface area (Å²) in [5.74, 6) is 0.247. The predicted molar refractivity (Wildman–Crippen MR) is 75.4 cm³/mol. The summed E-state index contributed by atoms with van der Waals surface area (Å²) in [5, 5.41) is 14.3. The Hall–Kier alpha value is -2.57. The van der Waals surface area contributed by atoms with E-state index in [9.17, 15) is 10.1 Å². The lowest BCUT2D eigenvalue weighted by atomic mass is 10.1. The van der Waals surface area contributed by atoms with Crippen molar-refractivity contribution < 1.29 is 4.92 Å². The van der Waals surface area contributed by atoms with E-state index < -0.39 is 4.92 Å². The van der Waals surface area contributed by atoms with Gasteiger partial charge in [0.25, 0.3) is 0 Å². The van der Waals surface area contributed by atoms with E-state index in [1.165, 1.54) is 6.33 Å². The molecule has 0 radical (unpaired) electrons. The van der Waals surface area contributed by atoms with Crippen LogP contribution < -0.4 is 5.32 Å². The molecule has 2 aromatic heterocycles. The van der Waals surface area contributed by atoms with Crippen LogP contribution in [0.2, 0.25) is 0 Å². The first kappa shape index (κ1) is 13.9. The molecule has 1 N–H and O–H groups in total.